The van der Waals surface area contributed by atoms with Crippen LogP contribution in [0, 0.1) is 5.82 Å². The van der Waals surface area contributed by atoms with Crippen LogP contribution in [0.3, 0.4) is 0 Å². The summed E-state index contributed by atoms with van der Waals surface area (Å²) in [7, 11) is 0. The molecule has 1 rings (SSSR count). The number of hydrogen-bond donors (Lipinski definition) is 0. The lowest BCUT2D eigenvalue weighted by atomic mass is 10.1. The Bertz CT molecular complexity index is 370. The van der Waals surface area contributed by atoms with Crippen LogP contribution < -0.4 is 0 Å². The Balaban J connectivity index is 3.42. The lowest BCUT2D eigenvalue weighted by Gasteiger charge is -2.12. The highest BCUT2D eigenvalue weighted by molar-refractivity contribution is 6.32. The van der Waals surface area contributed by atoms with Crippen LogP contribution in [0.2, 0.25) is 5.02 Å². The molecule has 0 bridgehead atoms. The third-order valence-corrected chi connectivity index (χ3v) is 2.03. The van der Waals surface area contributed by atoms with Crippen LogP contribution >= 0.6 is 11.6 Å². The topological polar surface area (TPSA) is 0 Å². The molecule has 7 heteroatoms. The molecule has 0 aliphatic carbocycles. The summed E-state index contributed by atoms with van der Waals surface area (Å²) in [6.07, 6.45) is -8.21. The minimum absolute atomic E-state index is 0.0776. The van der Waals surface area contributed by atoms with E-state index >= 15 is 0 Å². The van der Waals surface area contributed by atoms with E-state index in [2.05, 4.69) is 0 Å². The van der Waals surface area contributed by atoms with E-state index in [1.807, 2.05) is 0 Å². The van der Waals surface area contributed by atoms with Crippen molar-refractivity contribution in [1.82, 2.24) is 0 Å². The summed E-state index contributed by atoms with van der Waals surface area (Å²) in [6.45, 7) is 0. The van der Waals surface area contributed by atoms with Crippen molar-refractivity contribution in [3.8, 4) is 0 Å². The summed E-state index contributed by atoms with van der Waals surface area (Å²) in [4.78, 5) is 0. The molecular formula is C8H3ClF6. The molecule has 0 amide bonds. The molecule has 0 aromatic heterocycles. The van der Waals surface area contributed by atoms with E-state index in [-0.39, 0.29) is 12.1 Å². The molecule has 0 heterocycles. The molecule has 0 atom stereocenters. The van der Waals surface area contributed by atoms with E-state index in [9.17, 15) is 26.3 Å². The first-order valence-corrected chi connectivity index (χ1v) is 3.95. The number of alkyl halides is 5. The average Bonchev–Trinajstić information content (AvgIpc) is 2.06. The van der Waals surface area contributed by atoms with Gasteiger partial charge in [-0.05, 0) is 12.1 Å². The Morgan fingerprint density at radius 3 is 2.07 bits per heavy atom. The highest BCUT2D eigenvalue weighted by Gasteiger charge is 2.35. The fourth-order valence-electron chi connectivity index (χ4n) is 0.975. The van der Waals surface area contributed by atoms with Crippen molar-refractivity contribution in [2.75, 3.05) is 0 Å². The SMILES string of the molecule is Fc1cc(C(F)F)c(Cl)c(C(F)(F)F)c1. The van der Waals surface area contributed by atoms with Crippen molar-refractivity contribution in [2.45, 2.75) is 12.6 Å². The van der Waals surface area contributed by atoms with Gasteiger partial charge in [-0.3, -0.25) is 0 Å². The zero-order chi connectivity index (χ0) is 11.8. The molecule has 1 aromatic rings. The van der Waals surface area contributed by atoms with Crippen LogP contribution in [0.4, 0.5) is 26.3 Å². The van der Waals surface area contributed by atoms with Crippen LogP contribution in [0.5, 0.6) is 0 Å². The van der Waals surface area contributed by atoms with Crippen molar-refractivity contribution in [3.05, 3.63) is 34.1 Å². The lowest BCUT2D eigenvalue weighted by molar-refractivity contribution is -0.137. The highest BCUT2D eigenvalue weighted by Crippen LogP contribution is 2.39. The molecule has 0 saturated carbocycles. The summed E-state index contributed by atoms with van der Waals surface area (Å²) < 4.78 is 73.4. The normalized spacial score (nSPS) is 12.3. The number of halogens is 7. The molecule has 0 N–H and O–H groups in total. The van der Waals surface area contributed by atoms with Gasteiger partial charge in [-0.2, -0.15) is 13.2 Å². The summed E-state index contributed by atoms with van der Waals surface area (Å²) in [5.74, 6) is -1.40. The standard InChI is InChI=1S/C8H3ClF6/c9-6-4(7(11)12)1-3(10)2-5(6)8(13,14)15/h1-2,7H. The molecule has 15 heavy (non-hydrogen) atoms. The van der Waals surface area contributed by atoms with E-state index < -0.39 is 34.6 Å². The molecule has 0 spiro atoms. The van der Waals surface area contributed by atoms with Crippen molar-refractivity contribution in [1.29, 1.82) is 0 Å². The molecule has 0 radical (unpaired) electrons. The highest BCUT2D eigenvalue weighted by atomic mass is 35.5. The minimum atomic E-state index is -4.96. The van der Waals surface area contributed by atoms with Crippen molar-refractivity contribution in [2.24, 2.45) is 0 Å². The fraction of sp³-hybridized carbons (Fsp3) is 0.250. The first-order chi connectivity index (χ1) is 6.73. The second-order valence-corrected chi connectivity index (χ2v) is 3.03. The van der Waals surface area contributed by atoms with Gasteiger partial charge in [0.05, 0.1) is 10.6 Å². The summed E-state index contributed by atoms with van der Waals surface area (Å²) in [5.41, 5.74) is -2.76. The van der Waals surface area contributed by atoms with Gasteiger partial charge in [0.15, 0.2) is 0 Å². The van der Waals surface area contributed by atoms with Crippen LogP contribution in [-0.2, 0) is 6.18 Å². The molecular weight excluding hydrogens is 246 g/mol. The second-order valence-electron chi connectivity index (χ2n) is 2.66. The van der Waals surface area contributed by atoms with Crippen LogP contribution in [-0.4, -0.2) is 0 Å². The van der Waals surface area contributed by atoms with Crippen LogP contribution in [0.1, 0.15) is 17.6 Å². The van der Waals surface area contributed by atoms with Crippen LogP contribution in [0.15, 0.2) is 12.1 Å². The second kappa shape index (κ2) is 3.92. The van der Waals surface area contributed by atoms with Gasteiger partial charge in [0, 0.05) is 5.56 Å². The van der Waals surface area contributed by atoms with Crippen molar-refractivity contribution in [3.63, 3.8) is 0 Å². The third kappa shape index (κ3) is 2.56. The molecule has 1 aromatic carbocycles. The van der Waals surface area contributed by atoms with E-state index in [1.165, 1.54) is 0 Å². The van der Waals surface area contributed by atoms with Gasteiger partial charge in [-0.15, -0.1) is 0 Å². The number of benzene rings is 1. The maximum Gasteiger partial charge on any atom is 0.417 e. The largest absolute Gasteiger partial charge is 0.417 e. The van der Waals surface area contributed by atoms with E-state index in [1.54, 1.807) is 0 Å². The van der Waals surface area contributed by atoms with Gasteiger partial charge in [-0.25, -0.2) is 13.2 Å². The molecule has 0 fully saturated rings. The monoisotopic (exact) mass is 248 g/mol. The zero-order valence-electron chi connectivity index (χ0n) is 6.88. The molecule has 84 valence electrons. The zero-order valence-corrected chi connectivity index (χ0v) is 7.63. The molecule has 0 unspecified atom stereocenters. The quantitative estimate of drug-likeness (QED) is 0.645. The Kier molecular flexibility index (Phi) is 3.18. The molecule has 0 aliphatic rings. The minimum Gasteiger partial charge on any atom is -0.207 e. The third-order valence-electron chi connectivity index (χ3n) is 1.61. The Hall–Kier alpha value is -0.910. The van der Waals surface area contributed by atoms with Gasteiger partial charge in [0.25, 0.3) is 6.43 Å². The summed E-state index contributed by atoms with van der Waals surface area (Å²) >= 11 is 5.09. The predicted molar refractivity (Wildman–Crippen MR) is 41.4 cm³/mol. The Morgan fingerprint density at radius 2 is 1.67 bits per heavy atom. The van der Waals surface area contributed by atoms with E-state index in [4.69, 9.17) is 11.6 Å². The summed E-state index contributed by atoms with van der Waals surface area (Å²) in [6, 6.07) is 0.358. The van der Waals surface area contributed by atoms with E-state index in [0.717, 1.165) is 0 Å². The molecule has 0 saturated heterocycles. The van der Waals surface area contributed by atoms with Gasteiger partial charge in [-0.1, -0.05) is 11.6 Å². The van der Waals surface area contributed by atoms with Gasteiger partial charge in [0.2, 0.25) is 0 Å². The Labute approximate surface area is 85.5 Å². The fourth-order valence-corrected chi connectivity index (χ4v) is 1.27. The number of hydrogen-bond acceptors (Lipinski definition) is 0. The maximum atomic E-state index is 12.6. The van der Waals surface area contributed by atoms with Gasteiger partial charge in [0.1, 0.15) is 5.82 Å². The molecule has 0 nitrogen and oxygen atoms in total. The molecule has 0 aliphatic heterocycles. The smallest absolute Gasteiger partial charge is 0.207 e. The number of rotatable bonds is 1. The predicted octanol–water partition coefficient (Wildman–Crippen LogP) is 4.44. The van der Waals surface area contributed by atoms with E-state index in [0.29, 0.717) is 0 Å². The first-order valence-electron chi connectivity index (χ1n) is 3.57. The van der Waals surface area contributed by atoms with Crippen molar-refractivity contribution >= 4 is 11.6 Å². The van der Waals surface area contributed by atoms with Crippen LogP contribution in [0.25, 0.3) is 0 Å². The van der Waals surface area contributed by atoms with Gasteiger partial charge < -0.3 is 0 Å². The Morgan fingerprint density at radius 1 is 1.13 bits per heavy atom. The summed E-state index contributed by atoms with van der Waals surface area (Å²) in [5, 5.41) is -1.17. The lowest BCUT2D eigenvalue weighted by Crippen LogP contribution is -2.08. The average molecular weight is 249 g/mol. The maximum absolute atomic E-state index is 12.6. The van der Waals surface area contributed by atoms with Gasteiger partial charge >= 0.3 is 6.18 Å². The van der Waals surface area contributed by atoms with Crippen molar-refractivity contribution < 1.29 is 26.3 Å². The first kappa shape index (κ1) is 12.2.